The van der Waals surface area contributed by atoms with E-state index < -0.39 is 23.6 Å². The number of nitrogens with one attached hydrogen (secondary N) is 1. The number of hydrogen-bond acceptors (Lipinski definition) is 5. The highest BCUT2D eigenvalue weighted by Gasteiger charge is 2.24. The van der Waals surface area contributed by atoms with Crippen LogP contribution in [0.5, 0.6) is 5.75 Å². The van der Waals surface area contributed by atoms with Crippen LogP contribution in [-0.2, 0) is 11.2 Å². The molecule has 1 aliphatic carbocycles. The van der Waals surface area contributed by atoms with Gasteiger partial charge in [-0.15, -0.1) is 0 Å². The molecule has 1 N–H and O–H groups in total. The van der Waals surface area contributed by atoms with E-state index in [0.717, 1.165) is 29.9 Å². The first-order chi connectivity index (χ1) is 11.4. The third-order valence-corrected chi connectivity index (χ3v) is 4.63. The van der Waals surface area contributed by atoms with Crippen molar-refractivity contribution in [2.45, 2.75) is 32.3 Å². The number of Topliss-reactive ketones (excluding diaryl/α,β-unsaturated/α-hetero) is 1. The summed E-state index contributed by atoms with van der Waals surface area (Å²) in [5.74, 6) is -2.44. The number of rotatable bonds is 4. The minimum Gasteiger partial charge on any atom is -0.481 e. The molecule has 1 atom stereocenters. The van der Waals surface area contributed by atoms with Crippen molar-refractivity contribution < 1.29 is 23.1 Å². The molecule has 5 nitrogen and oxygen atoms in total. The van der Waals surface area contributed by atoms with Gasteiger partial charge >= 0.3 is 0 Å². The fourth-order valence-electron chi connectivity index (χ4n) is 2.34. The van der Waals surface area contributed by atoms with Crippen molar-refractivity contribution in [1.29, 1.82) is 0 Å². The van der Waals surface area contributed by atoms with Crippen molar-refractivity contribution in [2.75, 3.05) is 5.32 Å². The predicted molar refractivity (Wildman–Crippen MR) is 84.5 cm³/mol. The molecule has 0 aliphatic heterocycles. The lowest BCUT2D eigenvalue weighted by molar-refractivity contribution is -0.122. The molecular formula is C16H14F2N2O3S. The maximum Gasteiger partial charge on any atom is 0.266 e. The summed E-state index contributed by atoms with van der Waals surface area (Å²) in [6, 6.07) is 3.04. The summed E-state index contributed by atoms with van der Waals surface area (Å²) in [5, 5.41) is 2.92. The highest BCUT2D eigenvalue weighted by Crippen LogP contribution is 2.29. The van der Waals surface area contributed by atoms with Crippen LogP contribution in [0.15, 0.2) is 18.2 Å². The summed E-state index contributed by atoms with van der Waals surface area (Å²) in [6.07, 6.45) is 1.04. The van der Waals surface area contributed by atoms with Gasteiger partial charge in [-0.1, -0.05) is 11.3 Å². The highest BCUT2D eigenvalue weighted by atomic mass is 32.1. The summed E-state index contributed by atoms with van der Waals surface area (Å²) in [7, 11) is 0. The molecule has 1 amide bonds. The zero-order valence-corrected chi connectivity index (χ0v) is 13.6. The number of aryl methyl sites for hydroxylation is 1. The van der Waals surface area contributed by atoms with Gasteiger partial charge in [0, 0.05) is 12.5 Å². The standard InChI is InChI=1S/C16H14F2N2O3S/c1-8(23-9-5-6-10(17)11(18)7-9)15(22)20-16-19-12-3-2-4-13(21)14(12)24-16/h5-8H,2-4H2,1H3,(H,19,20,22). The van der Waals surface area contributed by atoms with Crippen LogP contribution in [0.25, 0.3) is 0 Å². The van der Waals surface area contributed by atoms with Crippen LogP contribution in [0, 0.1) is 11.6 Å². The Labute approximate surface area is 140 Å². The molecule has 1 unspecified atom stereocenters. The van der Waals surface area contributed by atoms with E-state index in [-0.39, 0.29) is 11.5 Å². The van der Waals surface area contributed by atoms with E-state index in [1.807, 2.05) is 0 Å². The normalized spacial score (nSPS) is 14.9. The molecule has 3 rings (SSSR count). The van der Waals surface area contributed by atoms with E-state index in [1.165, 1.54) is 13.0 Å². The summed E-state index contributed by atoms with van der Waals surface area (Å²) >= 11 is 1.14. The van der Waals surface area contributed by atoms with Crippen LogP contribution in [0.2, 0.25) is 0 Å². The van der Waals surface area contributed by atoms with Gasteiger partial charge in [0.25, 0.3) is 5.91 Å². The largest absolute Gasteiger partial charge is 0.481 e. The number of anilines is 1. The van der Waals surface area contributed by atoms with E-state index in [9.17, 15) is 18.4 Å². The molecule has 8 heteroatoms. The number of thiazole rings is 1. The minimum absolute atomic E-state index is 0.0420. The van der Waals surface area contributed by atoms with E-state index >= 15 is 0 Å². The third kappa shape index (κ3) is 3.43. The zero-order valence-electron chi connectivity index (χ0n) is 12.8. The third-order valence-electron chi connectivity index (χ3n) is 3.57. The first-order valence-electron chi connectivity index (χ1n) is 7.39. The summed E-state index contributed by atoms with van der Waals surface area (Å²) in [4.78, 5) is 28.8. The summed E-state index contributed by atoms with van der Waals surface area (Å²) in [5.41, 5.74) is 0.709. The Morgan fingerprint density at radius 1 is 1.33 bits per heavy atom. The molecule has 0 saturated carbocycles. The maximum absolute atomic E-state index is 13.1. The number of carbonyl (C=O) groups is 2. The topological polar surface area (TPSA) is 68.3 Å². The van der Waals surface area contributed by atoms with Crippen LogP contribution in [0.3, 0.4) is 0 Å². The molecule has 0 spiro atoms. The molecule has 2 aromatic rings. The zero-order chi connectivity index (χ0) is 17.3. The van der Waals surface area contributed by atoms with E-state index in [4.69, 9.17) is 4.74 Å². The van der Waals surface area contributed by atoms with Crippen molar-refractivity contribution in [3.8, 4) is 5.75 Å². The number of aromatic nitrogens is 1. The average Bonchev–Trinajstić information content (AvgIpc) is 2.95. The van der Waals surface area contributed by atoms with E-state index in [1.54, 1.807) is 0 Å². The number of benzene rings is 1. The molecule has 126 valence electrons. The van der Waals surface area contributed by atoms with E-state index in [0.29, 0.717) is 28.5 Å². The second-order valence-electron chi connectivity index (χ2n) is 5.40. The average molecular weight is 352 g/mol. The molecule has 0 radical (unpaired) electrons. The first-order valence-corrected chi connectivity index (χ1v) is 8.21. The molecular weight excluding hydrogens is 338 g/mol. The Bertz CT molecular complexity index is 807. The number of nitrogens with zero attached hydrogens (tertiary/aromatic N) is 1. The van der Waals surface area contributed by atoms with Crippen molar-refractivity contribution in [2.24, 2.45) is 0 Å². The van der Waals surface area contributed by atoms with Crippen LogP contribution < -0.4 is 10.1 Å². The Kier molecular flexibility index (Phi) is 4.57. The van der Waals surface area contributed by atoms with Crippen molar-refractivity contribution in [1.82, 2.24) is 4.98 Å². The van der Waals surface area contributed by atoms with Gasteiger partial charge in [-0.05, 0) is 31.9 Å². The lowest BCUT2D eigenvalue weighted by Crippen LogP contribution is -2.30. The van der Waals surface area contributed by atoms with Crippen molar-refractivity contribution in [3.63, 3.8) is 0 Å². The van der Waals surface area contributed by atoms with Crippen LogP contribution in [0.1, 0.15) is 35.1 Å². The smallest absolute Gasteiger partial charge is 0.266 e. The Hall–Kier alpha value is -2.35. The first kappa shape index (κ1) is 16.5. The van der Waals surface area contributed by atoms with Crippen LogP contribution >= 0.6 is 11.3 Å². The second-order valence-corrected chi connectivity index (χ2v) is 6.40. The van der Waals surface area contributed by atoms with E-state index in [2.05, 4.69) is 10.3 Å². The molecule has 0 bridgehead atoms. The van der Waals surface area contributed by atoms with Gasteiger partial charge in [-0.2, -0.15) is 0 Å². The molecule has 1 aromatic carbocycles. The molecule has 1 heterocycles. The van der Waals surface area contributed by atoms with Crippen molar-refractivity contribution in [3.05, 3.63) is 40.4 Å². The minimum atomic E-state index is -1.05. The van der Waals surface area contributed by atoms with Gasteiger partial charge in [-0.3, -0.25) is 14.9 Å². The molecule has 0 saturated heterocycles. The second kappa shape index (κ2) is 6.64. The fourth-order valence-corrected chi connectivity index (χ4v) is 3.32. The number of hydrogen-bond donors (Lipinski definition) is 1. The lowest BCUT2D eigenvalue weighted by Gasteiger charge is -2.13. The van der Waals surface area contributed by atoms with Gasteiger partial charge < -0.3 is 4.74 Å². The van der Waals surface area contributed by atoms with Gasteiger partial charge in [0.1, 0.15) is 5.75 Å². The van der Waals surface area contributed by atoms with Crippen LogP contribution in [0.4, 0.5) is 13.9 Å². The van der Waals surface area contributed by atoms with Gasteiger partial charge in [0.05, 0.1) is 10.6 Å². The highest BCUT2D eigenvalue weighted by molar-refractivity contribution is 7.17. The predicted octanol–water partition coefficient (Wildman–Crippen LogP) is 3.35. The molecule has 1 aromatic heterocycles. The monoisotopic (exact) mass is 352 g/mol. The van der Waals surface area contributed by atoms with Gasteiger partial charge in [-0.25, -0.2) is 13.8 Å². The molecule has 24 heavy (non-hydrogen) atoms. The number of halogens is 2. The number of ketones is 1. The maximum atomic E-state index is 13.1. The SMILES string of the molecule is CC(Oc1ccc(F)c(F)c1)C(=O)Nc1nc2c(s1)C(=O)CCC2. The van der Waals surface area contributed by atoms with Gasteiger partial charge in [0.15, 0.2) is 28.7 Å². The van der Waals surface area contributed by atoms with Crippen LogP contribution in [-0.4, -0.2) is 22.8 Å². The summed E-state index contributed by atoms with van der Waals surface area (Å²) < 4.78 is 31.3. The Balaban J connectivity index is 1.66. The quantitative estimate of drug-likeness (QED) is 0.916. The molecule has 0 fully saturated rings. The lowest BCUT2D eigenvalue weighted by atomic mass is 10.0. The summed E-state index contributed by atoms with van der Waals surface area (Å²) in [6.45, 7) is 1.48. The van der Waals surface area contributed by atoms with Gasteiger partial charge in [0.2, 0.25) is 0 Å². The number of amides is 1. The number of ether oxygens (including phenoxy) is 1. The van der Waals surface area contributed by atoms with Crippen molar-refractivity contribution >= 4 is 28.2 Å². The fraction of sp³-hybridized carbons (Fsp3) is 0.312. The molecule has 1 aliphatic rings. The number of carbonyl (C=O) groups excluding carboxylic acids is 2. The Morgan fingerprint density at radius 3 is 2.83 bits per heavy atom. The number of fused-ring (bicyclic) bond motifs is 1. The Morgan fingerprint density at radius 2 is 2.12 bits per heavy atom.